The van der Waals surface area contributed by atoms with Gasteiger partial charge in [0, 0.05) is 18.2 Å². The summed E-state index contributed by atoms with van der Waals surface area (Å²) >= 11 is 0. The number of carbonyl (C=O) groups is 1. The summed E-state index contributed by atoms with van der Waals surface area (Å²) in [5.41, 5.74) is 5.40. The minimum Gasteiger partial charge on any atom is -0.326 e. The molecule has 5 nitrogen and oxygen atoms in total. The Bertz CT molecular complexity index is 476. The Hall–Kier alpha value is -2.17. The molecule has 1 aliphatic rings. The highest BCUT2D eigenvalue weighted by Gasteiger charge is 2.13. The maximum atomic E-state index is 10.9. The summed E-state index contributed by atoms with van der Waals surface area (Å²) in [6.07, 6.45) is 1.58. The van der Waals surface area contributed by atoms with Crippen LogP contribution in [0.1, 0.15) is 19.4 Å². The molecule has 0 aromatic heterocycles. The first-order valence-electron chi connectivity index (χ1n) is 5.39. The number of carbonyl (C=O) groups excluding carboxylic acids is 1. The average molecular weight is 230 g/mol. The van der Waals surface area contributed by atoms with Gasteiger partial charge in [0.15, 0.2) is 0 Å². The van der Waals surface area contributed by atoms with Crippen molar-refractivity contribution in [2.45, 2.75) is 19.9 Å². The smallest absolute Gasteiger partial charge is 0.221 e. The van der Waals surface area contributed by atoms with Gasteiger partial charge in [0.05, 0.1) is 11.8 Å². The van der Waals surface area contributed by atoms with E-state index in [0.717, 1.165) is 17.0 Å². The summed E-state index contributed by atoms with van der Waals surface area (Å²) in [7, 11) is 0. The van der Waals surface area contributed by atoms with Crippen molar-refractivity contribution >= 4 is 23.6 Å². The van der Waals surface area contributed by atoms with Crippen molar-refractivity contribution in [1.29, 1.82) is 0 Å². The fourth-order valence-corrected chi connectivity index (χ4v) is 1.64. The van der Waals surface area contributed by atoms with Crippen molar-refractivity contribution < 1.29 is 4.79 Å². The van der Waals surface area contributed by atoms with Crippen LogP contribution in [0.15, 0.2) is 34.4 Å². The van der Waals surface area contributed by atoms with Crippen molar-refractivity contribution in [3.8, 4) is 0 Å². The van der Waals surface area contributed by atoms with E-state index in [9.17, 15) is 4.79 Å². The molecule has 1 unspecified atom stereocenters. The molecule has 1 aromatic carbocycles. The SMILES string of the molecule is CC(=O)Nc1ccc(C2=NNC=NC2C)cc1. The highest BCUT2D eigenvalue weighted by molar-refractivity contribution is 6.06. The zero-order chi connectivity index (χ0) is 12.3. The number of rotatable bonds is 2. The van der Waals surface area contributed by atoms with Gasteiger partial charge < -0.3 is 5.32 Å². The van der Waals surface area contributed by atoms with Gasteiger partial charge in [-0.3, -0.25) is 15.2 Å². The fourth-order valence-electron chi connectivity index (χ4n) is 1.64. The van der Waals surface area contributed by atoms with Gasteiger partial charge >= 0.3 is 0 Å². The van der Waals surface area contributed by atoms with Gasteiger partial charge in [0.25, 0.3) is 0 Å². The highest BCUT2D eigenvalue weighted by atomic mass is 16.1. The summed E-state index contributed by atoms with van der Waals surface area (Å²) in [5.74, 6) is -0.0765. The molecule has 2 N–H and O–H groups in total. The predicted molar refractivity (Wildman–Crippen MR) is 68.4 cm³/mol. The molecule has 0 bridgehead atoms. The lowest BCUT2D eigenvalue weighted by Gasteiger charge is -2.14. The molecule has 0 saturated carbocycles. The van der Waals surface area contributed by atoms with Crippen LogP contribution in [0.3, 0.4) is 0 Å². The molecule has 88 valence electrons. The van der Waals surface area contributed by atoms with Crippen molar-refractivity contribution in [3.05, 3.63) is 29.8 Å². The molecular formula is C12H14N4O. The number of aliphatic imine (C=N–C) groups is 1. The summed E-state index contributed by atoms with van der Waals surface area (Å²) in [6.45, 7) is 3.47. The van der Waals surface area contributed by atoms with Crippen molar-refractivity contribution in [2.24, 2.45) is 10.1 Å². The molecule has 1 heterocycles. The zero-order valence-corrected chi connectivity index (χ0v) is 9.77. The molecule has 1 aliphatic heterocycles. The third-order valence-electron chi connectivity index (χ3n) is 2.44. The summed E-state index contributed by atoms with van der Waals surface area (Å²) < 4.78 is 0. The summed E-state index contributed by atoms with van der Waals surface area (Å²) in [4.78, 5) is 15.1. The minimum absolute atomic E-state index is 0.0443. The number of hydrazone groups is 1. The Labute approximate surface area is 99.6 Å². The van der Waals surface area contributed by atoms with Crippen molar-refractivity contribution in [3.63, 3.8) is 0 Å². The van der Waals surface area contributed by atoms with Gasteiger partial charge in [-0.1, -0.05) is 12.1 Å². The van der Waals surface area contributed by atoms with Gasteiger partial charge in [-0.05, 0) is 19.1 Å². The van der Waals surface area contributed by atoms with E-state index < -0.39 is 0 Å². The van der Waals surface area contributed by atoms with Gasteiger partial charge in [0.1, 0.15) is 6.34 Å². The molecule has 0 radical (unpaired) electrons. The van der Waals surface area contributed by atoms with Gasteiger partial charge in [-0.15, -0.1) is 0 Å². The van der Waals surface area contributed by atoms with E-state index in [0.29, 0.717) is 0 Å². The molecule has 1 atom stereocenters. The molecule has 17 heavy (non-hydrogen) atoms. The van der Waals surface area contributed by atoms with Crippen LogP contribution >= 0.6 is 0 Å². The first-order chi connectivity index (χ1) is 8.16. The monoisotopic (exact) mass is 230 g/mol. The number of nitrogens with zero attached hydrogens (tertiary/aromatic N) is 2. The lowest BCUT2D eigenvalue weighted by Crippen LogP contribution is -2.25. The first-order valence-corrected chi connectivity index (χ1v) is 5.39. The van der Waals surface area contributed by atoms with E-state index in [1.807, 2.05) is 31.2 Å². The third kappa shape index (κ3) is 2.69. The fraction of sp³-hybridized carbons (Fsp3) is 0.250. The lowest BCUT2D eigenvalue weighted by atomic mass is 10.0. The molecule has 0 saturated heterocycles. The van der Waals surface area contributed by atoms with E-state index in [2.05, 4.69) is 20.8 Å². The van der Waals surface area contributed by atoms with E-state index in [4.69, 9.17) is 0 Å². The molecule has 0 fully saturated rings. The van der Waals surface area contributed by atoms with Crippen LogP contribution in [0.4, 0.5) is 5.69 Å². The van der Waals surface area contributed by atoms with Crippen LogP contribution in [0, 0.1) is 0 Å². The molecular weight excluding hydrogens is 216 g/mol. The van der Waals surface area contributed by atoms with Crippen LogP contribution in [0.2, 0.25) is 0 Å². The van der Waals surface area contributed by atoms with E-state index >= 15 is 0 Å². The maximum absolute atomic E-state index is 10.9. The van der Waals surface area contributed by atoms with Crippen LogP contribution in [-0.2, 0) is 4.79 Å². The summed E-state index contributed by atoms with van der Waals surface area (Å²) in [6, 6.07) is 7.59. The second-order valence-corrected chi connectivity index (χ2v) is 3.84. The van der Waals surface area contributed by atoms with Gasteiger partial charge in [0.2, 0.25) is 5.91 Å². The normalized spacial score (nSPS) is 18.2. The third-order valence-corrected chi connectivity index (χ3v) is 2.44. The molecule has 2 rings (SSSR count). The van der Waals surface area contributed by atoms with Crippen LogP contribution < -0.4 is 10.7 Å². The maximum Gasteiger partial charge on any atom is 0.221 e. The second-order valence-electron chi connectivity index (χ2n) is 3.84. The Morgan fingerprint density at radius 2 is 2.06 bits per heavy atom. The molecule has 0 spiro atoms. The van der Waals surface area contributed by atoms with Crippen molar-refractivity contribution in [2.75, 3.05) is 5.32 Å². The van der Waals surface area contributed by atoms with Crippen LogP contribution in [0.25, 0.3) is 0 Å². The zero-order valence-electron chi connectivity index (χ0n) is 9.77. The van der Waals surface area contributed by atoms with E-state index in [1.54, 1.807) is 6.34 Å². The first kappa shape index (κ1) is 11.3. The van der Waals surface area contributed by atoms with Crippen LogP contribution in [0.5, 0.6) is 0 Å². The lowest BCUT2D eigenvalue weighted by molar-refractivity contribution is -0.114. The second kappa shape index (κ2) is 4.78. The average Bonchev–Trinajstić information content (AvgIpc) is 2.30. The number of benzene rings is 1. The Morgan fingerprint density at radius 3 is 2.65 bits per heavy atom. The van der Waals surface area contributed by atoms with Gasteiger partial charge in [-0.2, -0.15) is 5.10 Å². The topological polar surface area (TPSA) is 65.8 Å². The van der Waals surface area contributed by atoms with Gasteiger partial charge in [-0.25, -0.2) is 0 Å². The molecule has 0 aliphatic carbocycles. The predicted octanol–water partition coefficient (Wildman–Crippen LogP) is 1.37. The number of amides is 1. The molecule has 5 heteroatoms. The Kier molecular flexibility index (Phi) is 3.18. The molecule has 1 amide bonds. The Balaban J connectivity index is 2.18. The number of hydrogen-bond acceptors (Lipinski definition) is 4. The standard InChI is InChI=1S/C12H14N4O/c1-8-12(16-14-7-13-8)10-3-5-11(6-4-10)15-9(2)17/h3-8H,1-2H3,(H,13,14)(H,15,17). The van der Waals surface area contributed by atoms with Crippen LogP contribution in [-0.4, -0.2) is 24.0 Å². The highest BCUT2D eigenvalue weighted by Crippen LogP contribution is 2.13. The number of nitrogens with one attached hydrogen (secondary N) is 2. The minimum atomic E-state index is -0.0765. The van der Waals surface area contributed by atoms with E-state index in [1.165, 1.54) is 6.92 Å². The Morgan fingerprint density at radius 1 is 1.35 bits per heavy atom. The molecule has 1 aromatic rings. The quantitative estimate of drug-likeness (QED) is 0.805. The largest absolute Gasteiger partial charge is 0.326 e. The van der Waals surface area contributed by atoms with Crippen molar-refractivity contribution in [1.82, 2.24) is 5.43 Å². The van der Waals surface area contributed by atoms with E-state index in [-0.39, 0.29) is 11.9 Å². The number of anilines is 1. The summed E-state index contributed by atoms with van der Waals surface area (Å²) in [5, 5.41) is 6.92. The number of hydrogen-bond donors (Lipinski definition) is 2.